The van der Waals surface area contributed by atoms with Crippen molar-refractivity contribution in [1.82, 2.24) is 0 Å². The minimum Gasteiger partial charge on any atom is -0.491 e. The molecular formula is C16H25NO2. The molecule has 2 atom stereocenters. The van der Waals surface area contributed by atoms with E-state index in [4.69, 9.17) is 9.47 Å². The Labute approximate surface area is 116 Å². The molecule has 1 fully saturated rings. The molecule has 1 aliphatic rings. The Bertz CT molecular complexity index is 375. The molecule has 106 valence electrons. The normalized spacial score (nSPS) is 20.8. The Balaban J connectivity index is 1.84. The summed E-state index contributed by atoms with van der Waals surface area (Å²) >= 11 is 0. The van der Waals surface area contributed by atoms with Crippen LogP contribution in [0.1, 0.15) is 39.5 Å². The van der Waals surface area contributed by atoms with Crippen LogP contribution in [0.3, 0.4) is 0 Å². The standard InChI is InChI=1S/C16H25NO2/c1-3-13(2)19-15-9-6-7-14(11-15)17-12-16-8-4-5-10-18-16/h6-7,9,11,13,16-17H,3-5,8,10,12H2,1-2H3. The van der Waals surface area contributed by atoms with E-state index in [-0.39, 0.29) is 6.10 Å². The molecule has 3 nitrogen and oxygen atoms in total. The summed E-state index contributed by atoms with van der Waals surface area (Å²) in [6, 6.07) is 8.18. The van der Waals surface area contributed by atoms with Gasteiger partial charge in [-0.3, -0.25) is 0 Å². The van der Waals surface area contributed by atoms with Crippen LogP contribution in [0.4, 0.5) is 5.69 Å². The maximum Gasteiger partial charge on any atom is 0.121 e. The first kappa shape index (κ1) is 14.2. The molecule has 3 heteroatoms. The molecule has 0 aromatic heterocycles. The highest BCUT2D eigenvalue weighted by Crippen LogP contribution is 2.20. The second-order valence-electron chi connectivity index (χ2n) is 5.23. The summed E-state index contributed by atoms with van der Waals surface area (Å²) in [6.45, 7) is 6.01. The second-order valence-corrected chi connectivity index (χ2v) is 5.23. The lowest BCUT2D eigenvalue weighted by molar-refractivity contribution is 0.0247. The maximum atomic E-state index is 5.82. The van der Waals surface area contributed by atoms with Crippen LogP contribution < -0.4 is 10.1 Å². The van der Waals surface area contributed by atoms with Crippen molar-refractivity contribution in [2.45, 2.75) is 51.7 Å². The van der Waals surface area contributed by atoms with Crippen LogP contribution in [-0.2, 0) is 4.74 Å². The van der Waals surface area contributed by atoms with Gasteiger partial charge in [-0.25, -0.2) is 0 Å². The Morgan fingerprint density at radius 3 is 3.05 bits per heavy atom. The lowest BCUT2D eigenvalue weighted by Crippen LogP contribution is -2.26. The first-order chi connectivity index (χ1) is 9.28. The largest absolute Gasteiger partial charge is 0.491 e. The summed E-state index contributed by atoms with van der Waals surface area (Å²) in [6.07, 6.45) is 5.28. The van der Waals surface area contributed by atoms with Crippen LogP contribution in [0.5, 0.6) is 5.75 Å². The number of rotatable bonds is 6. The highest BCUT2D eigenvalue weighted by molar-refractivity contribution is 5.48. The average Bonchev–Trinajstić information content (AvgIpc) is 2.46. The maximum absolute atomic E-state index is 5.82. The molecule has 0 spiro atoms. The fraction of sp³-hybridized carbons (Fsp3) is 0.625. The lowest BCUT2D eigenvalue weighted by Gasteiger charge is -2.23. The number of hydrogen-bond donors (Lipinski definition) is 1. The average molecular weight is 263 g/mol. The molecule has 1 heterocycles. The van der Waals surface area contributed by atoms with Gasteiger partial charge in [0.2, 0.25) is 0 Å². The van der Waals surface area contributed by atoms with Crippen molar-refractivity contribution in [3.05, 3.63) is 24.3 Å². The molecule has 2 rings (SSSR count). The molecule has 0 radical (unpaired) electrons. The fourth-order valence-electron chi connectivity index (χ4n) is 2.20. The number of anilines is 1. The van der Waals surface area contributed by atoms with Gasteiger partial charge in [0, 0.05) is 24.9 Å². The zero-order chi connectivity index (χ0) is 13.5. The molecule has 19 heavy (non-hydrogen) atoms. The van der Waals surface area contributed by atoms with Crippen molar-refractivity contribution in [2.24, 2.45) is 0 Å². The summed E-state index contributed by atoms with van der Waals surface area (Å²) in [4.78, 5) is 0. The van der Waals surface area contributed by atoms with Gasteiger partial charge in [0.1, 0.15) is 5.75 Å². The lowest BCUT2D eigenvalue weighted by atomic mass is 10.1. The summed E-state index contributed by atoms with van der Waals surface area (Å²) in [5.41, 5.74) is 1.11. The van der Waals surface area contributed by atoms with Crippen molar-refractivity contribution in [2.75, 3.05) is 18.5 Å². The number of ether oxygens (including phenoxy) is 2. The number of benzene rings is 1. The molecule has 2 unspecified atom stereocenters. The van der Waals surface area contributed by atoms with Crippen LogP contribution in [0, 0.1) is 0 Å². The quantitative estimate of drug-likeness (QED) is 0.845. The molecule has 0 bridgehead atoms. The molecule has 1 saturated heterocycles. The smallest absolute Gasteiger partial charge is 0.121 e. The van der Waals surface area contributed by atoms with Crippen molar-refractivity contribution in [1.29, 1.82) is 0 Å². The van der Waals surface area contributed by atoms with Gasteiger partial charge in [-0.2, -0.15) is 0 Å². The van der Waals surface area contributed by atoms with Crippen LogP contribution in [0.15, 0.2) is 24.3 Å². The monoisotopic (exact) mass is 263 g/mol. The molecule has 0 amide bonds. The van der Waals surface area contributed by atoms with Gasteiger partial charge in [0.25, 0.3) is 0 Å². The van der Waals surface area contributed by atoms with Crippen LogP contribution in [0.25, 0.3) is 0 Å². The van der Waals surface area contributed by atoms with Gasteiger partial charge in [-0.1, -0.05) is 13.0 Å². The fourth-order valence-corrected chi connectivity index (χ4v) is 2.20. The molecule has 1 aliphatic heterocycles. The highest BCUT2D eigenvalue weighted by Gasteiger charge is 2.13. The van der Waals surface area contributed by atoms with E-state index in [0.717, 1.165) is 37.4 Å². The molecular weight excluding hydrogens is 238 g/mol. The van der Waals surface area contributed by atoms with Gasteiger partial charge >= 0.3 is 0 Å². The van der Waals surface area contributed by atoms with E-state index in [1.165, 1.54) is 12.8 Å². The first-order valence-electron chi connectivity index (χ1n) is 7.40. The minimum atomic E-state index is 0.261. The summed E-state index contributed by atoms with van der Waals surface area (Å²) < 4.78 is 11.5. The van der Waals surface area contributed by atoms with Crippen LogP contribution >= 0.6 is 0 Å². The van der Waals surface area contributed by atoms with E-state index in [9.17, 15) is 0 Å². The van der Waals surface area contributed by atoms with Gasteiger partial charge in [-0.15, -0.1) is 0 Å². The van der Waals surface area contributed by atoms with Crippen molar-refractivity contribution in [3.63, 3.8) is 0 Å². The van der Waals surface area contributed by atoms with Crippen LogP contribution in [-0.4, -0.2) is 25.4 Å². The van der Waals surface area contributed by atoms with E-state index in [1.54, 1.807) is 0 Å². The Kier molecular flexibility index (Phi) is 5.52. The molecule has 0 aliphatic carbocycles. The Morgan fingerprint density at radius 2 is 2.32 bits per heavy atom. The summed E-state index contributed by atoms with van der Waals surface area (Å²) in [5, 5.41) is 3.44. The van der Waals surface area contributed by atoms with Gasteiger partial charge < -0.3 is 14.8 Å². The number of hydrogen-bond acceptors (Lipinski definition) is 3. The van der Waals surface area contributed by atoms with Gasteiger partial charge in [0.05, 0.1) is 12.2 Å². The SMILES string of the molecule is CCC(C)Oc1cccc(NCC2CCCCO2)c1. The highest BCUT2D eigenvalue weighted by atomic mass is 16.5. The zero-order valence-electron chi connectivity index (χ0n) is 12.0. The third-order valence-corrected chi connectivity index (χ3v) is 3.55. The predicted octanol–water partition coefficient (Wildman–Crippen LogP) is 3.84. The van der Waals surface area contributed by atoms with E-state index in [0.29, 0.717) is 6.10 Å². The third-order valence-electron chi connectivity index (χ3n) is 3.55. The van der Waals surface area contributed by atoms with Gasteiger partial charge in [-0.05, 0) is 44.7 Å². The van der Waals surface area contributed by atoms with E-state index in [1.807, 2.05) is 12.1 Å². The summed E-state index contributed by atoms with van der Waals surface area (Å²) in [7, 11) is 0. The zero-order valence-corrected chi connectivity index (χ0v) is 12.0. The van der Waals surface area contributed by atoms with Gasteiger partial charge in [0.15, 0.2) is 0 Å². The predicted molar refractivity (Wildman–Crippen MR) is 78.9 cm³/mol. The molecule has 0 saturated carbocycles. The Morgan fingerprint density at radius 1 is 1.42 bits per heavy atom. The molecule has 1 aromatic rings. The summed E-state index contributed by atoms with van der Waals surface area (Å²) in [5.74, 6) is 0.934. The van der Waals surface area contributed by atoms with E-state index in [2.05, 4.69) is 31.3 Å². The second kappa shape index (κ2) is 7.39. The molecule has 1 N–H and O–H groups in total. The van der Waals surface area contributed by atoms with Crippen molar-refractivity contribution in [3.8, 4) is 5.75 Å². The first-order valence-corrected chi connectivity index (χ1v) is 7.40. The topological polar surface area (TPSA) is 30.5 Å². The molecule has 1 aromatic carbocycles. The number of nitrogens with one attached hydrogen (secondary N) is 1. The van der Waals surface area contributed by atoms with E-state index >= 15 is 0 Å². The van der Waals surface area contributed by atoms with Crippen LogP contribution in [0.2, 0.25) is 0 Å². The third kappa shape index (κ3) is 4.75. The van der Waals surface area contributed by atoms with E-state index < -0.39 is 0 Å². The van der Waals surface area contributed by atoms with Crippen molar-refractivity contribution >= 4 is 5.69 Å². The Hall–Kier alpha value is -1.22. The van der Waals surface area contributed by atoms with Crippen molar-refractivity contribution < 1.29 is 9.47 Å². The minimum absolute atomic E-state index is 0.261.